The van der Waals surface area contributed by atoms with Gasteiger partial charge in [0.25, 0.3) is 5.92 Å². The Kier molecular flexibility index (Phi) is 3.25. The molecule has 18 heavy (non-hydrogen) atoms. The average molecular weight is 331 g/mol. The van der Waals surface area contributed by atoms with Crippen molar-refractivity contribution in [2.45, 2.75) is 18.5 Å². The first-order valence-electron chi connectivity index (χ1n) is 5.04. The van der Waals surface area contributed by atoms with E-state index in [0.717, 1.165) is 17.2 Å². The predicted octanol–water partition coefficient (Wildman–Crippen LogP) is 3.71. The highest BCUT2D eigenvalue weighted by atomic mass is 79.9. The summed E-state index contributed by atoms with van der Waals surface area (Å²) in [5.74, 6) is -2.95. The van der Waals surface area contributed by atoms with E-state index in [4.69, 9.17) is 0 Å². The highest BCUT2D eigenvalue weighted by molar-refractivity contribution is 9.10. The molecule has 100 valence electrons. The highest BCUT2D eigenvalue weighted by Gasteiger charge is 2.40. The lowest BCUT2D eigenvalue weighted by atomic mass is 10.2. The molecule has 0 bridgehead atoms. The van der Waals surface area contributed by atoms with Gasteiger partial charge in [-0.15, -0.1) is 0 Å². The molecule has 1 aromatic heterocycles. The maximum atomic E-state index is 13.0. The maximum Gasteiger partial charge on any atom is 0.417 e. The van der Waals surface area contributed by atoms with Crippen LogP contribution >= 0.6 is 15.9 Å². The molecule has 0 N–H and O–H groups in total. The van der Waals surface area contributed by atoms with Crippen molar-refractivity contribution in [3.8, 4) is 0 Å². The Labute approximate surface area is 108 Å². The summed E-state index contributed by atoms with van der Waals surface area (Å²) in [5.41, 5.74) is -0.914. The molecule has 1 aromatic rings. The molecule has 2 heterocycles. The molecule has 1 aliphatic rings. The van der Waals surface area contributed by atoms with E-state index in [1.165, 1.54) is 0 Å². The molecule has 0 aliphatic carbocycles. The minimum atomic E-state index is -4.54. The number of anilines is 1. The number of rotatable bonds is 1. The molecular formula is C10H8BrF5N2. The lowest BCUT2D eigenvalue weighted by molar-refractivity contribution is -0.138. The summed E-state index contributed by atoms with van der Waals surface area (Å²) in [4.78, 5) is 4.90. The van der Waals surface area contributed by atoms with E-state index < -0.39 is 24.2 Å². The Morgan fingerprint density at radius 1 is 1.33 bits per heavy atom. The van der Waals surface area contributed by atoms with Gasteiger partial charge in [0.1, 0.15) is 5.82 Å². The molecule has 1 saturated heterocycles. The Morgan fingerprint density at radius 3 is 2.50 bits per heavy atom. The first-order valence-corrected chi connectivity index (χ1v) is 5.84. The topological polar surface area (TPSA) is 16.1 Å². The second-order valence-electron chi connectivity index (χ2n) is 4.05. The zero-order valence-corrected chi connectivity index (χ0v) is 10.5. The predicted molar refractivity (Wildman–Crippen MR) is 58.7 cm³/mol. The number of hydrogen-bond donors (Lipinski definition) is 0. The minimum Gasteiger partial charge on any atom is -0.350 e. The van der Waals surface area contributed by atoms with E-state index in [2.05, 4.69) is 20.9 Å². The Morgan fingerprint density at radius 2 is 2.00 bits per heavy atom. The number of nitrogens with zero attached hydrogens (tertiary/aromatic N) is 2. The molecule has 8 heteroatoms. The Bertz CT molecular complexity index is 460. The molecule has 1 fully saturated rings. The van der Waals surface area contributed by atoms with Crippen molar-refractivity contribution in [1.29, 1.82) is 0 Å². The standard InChI is InChI=1S/C10H8BrF5N2/c11-7-4-17-8(3-6(7)10(14,15)16)18-2-1-9(12,13)5-18/h3-4H,1-2,5H2. The Balaban J connectivity index is 2.31. The summed E-state index contributed by atoms with van der Waals surface area (Å²) in [7, 11) is 0. The van der Waals surface area contributed by atoms with Crippen LogP contribution in [0.15, 0.2) is 16.7 Å². The SMILES string of the molecule is FC1(F)CCN(c2cc(C(F)(F)F)c(Br)cn2)C1. The number of alkyl halides is 5. The van der Waals surface area contributed by atoms with Gasteiger partial charge in [-0.3, -0.25) is 0 Å². The van der Waals surface area contributed by atoms with E-state index in [1.807, 2.05) is 0 Å². The zero-order chi connectivity index (χ0) is 13.6. The number of hydrogen-bond acceptors (Lipinski definition) is 2. The van der Waals surface area contributed by atoms with Crippen molar-refractivity contribution in [2.75, 3.05) is 18.0 Å². The molecule has 2 nitrogen and oxygen atoms in total. The third kappa shape index (κ3) is 2.73. The van der Waals surface area contributed by atoms with Crippen LogP contribution in [0.2, 0.25) is 0 Å². The van der Waals surface area contributed by atoms with Crippen molar-refractivity contribution in [1.82, 2.24) is 4.98 Å². The fraction of sp³-hybridized carbons (Fsp3) is 0.500. The van der Waals surface area contributed by atoms with Crippen LogP contribution in [0.3, 0.4) is 0 Å². The summed E-state index contributed by atoms with van der Waals surface area (Å²) in [6.45, 7) is -0.599. The molecule has 0 spiro atoms. The van der Waals surface area contributed by atoms with Crippen LogP contribution < -0.4 is 4.90 Å². The molecule has 0 aromatic carbocycles. The lowest BCUT2D eigenvalue weighted by Crippen LogP contribution is -2.26. The molecule has 0 radical (unpaired) electrons. The van der Waals surface area contributed by atoms with Crippen molar-refractivity contribution < 1.29 is 22.0 Å². The van der Waals surface area contributed by atoms with Crippen molar-refractivity contribution in [3.63, 3.8) is 0 Å². The average Bonchev–Trinajstić information content (AvgIpc) is 2.58. The fourth-order valence-corrected chi connectivity index (χ4v) is 2.19. The summed E-state index contributed by atoms with van der Waals surface area (Å²) < 4.78 is 63.7. The van der Waals surface area contributed by atoms with Gasteiger partial charge in [0.2, 0.25) is 0 Å². The molecule has 1 aliphatic heterocycles. The van der Waals surface area contributed by atoms with Gasteiger partial charge < -0.3 is 4.90 Å². The lowest BCUT2D eigenvalue weighted by Gasteiger charge is -2.19. The first-order chi connectivity index (χ1) is 8.19. The third-order valence-corrected chi connectivity index (χ3v) is 3.27. The largest absolute Gasteiger partial charge is 0.417 e. The minimum absolute atomic E-state index is 0.00106. The van der Waals surface area contributed by atoms with Crippen molar-refractivity contribution >= 4 is 21.7 Å². The van der Waals surface area contributed by atoms with Crippen LogP contribution in [0.25, 0.3) is 0 Å². The van der Waals surface area contributed by atoms with E-state index in [9.17, 15) is 22.0 Å². The summed E-state index contributed by atoms with van der Waals surface area (Å²) >= 11 is 2.75. The molecule has 0 unspecified atom stereocenters. The van der Waals surface area contributed by atoms with E-state index in [-0.39, 0.29) is 23.3 Å². The van der Waals surface area contributed by atoms with Crippen LogP contribution in [-0.4, -0.2) is 24.0 Å². The summed E-state index contributed by atoms with van der Waals surface area (Å²) in [6.07, 6.45) is -3.93. The summed E-state index contributed by atoms with van der Waals surface area (Å²) in [6, 6.07) is 0.783. The molecule has 2 rings (SSSR count). The third-order valence-electron chi connectivity index (χ3n) is 2.64. The van der Waals surface area contributed by atoms with Crippen LogP contribution in [0.1, 0.15) is 12.0 Å². The van der Waals surface area contributed by atoms with Crippen LogP contribution in [0.5, 0.6) is 0 Å². The van der Waals surface area contributed by atoms with Crippen molar-refractivity contribution in [3.05, 3.63) is 22.3 Å². The van der Waals surface area contributed by atoms with Crippen molar-refractivity contribution in [2.24, 2.45) is 0 Å². The number of halogens is 6. The Hall–Kier alpha value is -0.920. The smallest absolute Gasteiger partial charge is 0.350 e. The van der Waals surface area contributed by atoms with Gasteiger partial charge in [0, 0.05) is 23.6 Å². The second-order valence-corrected chi connectivity index (χ2v) is 4.90. The second kappa shape index (κ2) is 4.32. The van der Waals surface area contributed by atoms with E-state index in [0.29, 0.717) is 0 Å². The zero-order valence-electron chi connectivity index (χ0n) is 8.94. The quantitative estimate of drug-likeness (QED) is 0.730. The summed E-state index contributed by atoms with van der Waals surface area (Å²) in [5, 5.41) is 0. The van der Waals surface area contributed by atoms with Gasteiger partial charge >= 0.3 is 6.18 Å². The van der Waals surface area contributed by atoms with E-state index >= 15 is 0 Å². The first kappa shape index (κ1) is 13.5. The van der Waals surface area contributed by atoms with Gasteiger partial charge in [0.05, 0.1) is 12.1 Å². The maximum absolute atomic E-state index is 13.0. The van der Waals surface area contributed by atoms with Crippen LogP contribution in [-0.2, 0) is 6.18 Å². The van der Waals surface area contributed by atoms with Gasteiger partial charge in [-0.1, -0.05) is 0 Å². The monoisotopic (exact) mass is 330 g/mol. The highest BCUT2D eigenvalue weighted by Crippen LogP contribution is 2.37. The van der Waals surface area contributed by atoms with Gasteiger partial charge in [-0.25, -0.2) is 13.8 Å². The van der Waals surface area contributed by atoms with Gasteiger partial charge in [-0.05, 0) is 22.0 Å². The van der Waals surface area contributed by atoms with Crippen LogP contribution in [0.4, 0.5) is 27.8 Å². The van der Waals surface area contributed by atoms with Crippen LogP contribution in [0, 0.1) is 0 Å². The molecule has 0 saturated carbocycles. The number of pyridine rings is 1. The molecule has 0 atom stereocenters. The molecular weight excluding hydrogens is 323 g/mol. The van der Waals surface area contributed by atoms with E-state index in [1.54, 1.807) is 0 Å². The van der Waals surface area contributed by atoms with Gasteiger partial charge in [-0.2, -0.15) is 13.2 Å². The number of aromatic nitrogens is 1. The normalized spacial score (nSPS) is 19.3. The van der Waals surface area contributed by atoms with Gasteiger partial charge in [0.15, 0.2) is 0 Å². The molecule has 0 amide bonds. The fourth-order valence-electron chi connectivity index (χ4n) is 1.75.